The summed E-state index contributed by atoms with van der Waals surface area (Å²) in [4.78, 5) is 22.2. The number of fused-ring (bicyclic) bond motifs is 3. The quantitative estimate of drug-likeness (QED) is 0.502. The number of hydrogen-bond donors (Lipinski definition) is 2. The summed E-state index contributed by atoms with van der Waals surface area (Å²) in [7, 11) is 1.45. The average Bonchev–Trinajstić information content (AvgIpc) is 2.94. The van der Waals surface area contributed by atoms with E-state index in [2.05, 4.69) is 5.32 Å². The third-order valence-corrected chi connectivity index (χ3v) is 4.12. The first kappa shape index (κ1) is 13.4. The number of carboxylic acids is 1. The van der Waals surface area contributed by atoms with Crippen LogP contribution in [0.2, 0.25) is 0 Å². The van der Waals surface area contributed by atoms with Gasteiger partial charge in [0.2, 0.25) is 0 Å². The molecule has 1 aromatic carbocycles. The van der Waals surface area contributed by atoms with Gasteiger partial charge in [0.1, 0.15) is 17.5 Å². The first-order valence-corrected chi connectivity index (χ1v) is 6.55. The molecule has 1 aliphatic carbocycles. The van der Waals surface area contributed by atoms with E-state index >= 15 is 0 Å². The van der Waals surface area contributed by atoms with Crippen molar-refractivity contribution in [3.8, 4) is 5.75 Å². The summed E-state index contributed by atoms with van der Waals surface area (Å²) in [6, 6.07) is 2.22. The van der Waals surface area contributed by atoms with Gasteiger partial charge in [0.25, 0.3) is 5.69 Å². The number of hydrogen-bond acceptors (Lipinski definition) is 5. The summed E-state index contributed by atoms with van der Waals surface area (Å²) in [6.07, 6.45) is 4.48. The van der Waals surface area contributed by atoms with Crippen LogP contribution >= 0.6 is 0 Å². The Kier molecular flexibility index (Phi) is 3.04. The molecule has 3 atom stereocenters. The highest BCUT2D eigenvalue weighted by molar-refractivity contribution is 5.83. The number of carbonyl (C=O) groups is 1. The Hall–Kier alpha value is -2.57. The minimum absolute atomic E-state index is 0.137. The Bertz CT molecular complexity index is 655. The minimum Gasteiger partial charge on any atom is -0.496 e. The molecule has 3 rings (SSSR count). The van der Waals surface area contributed by atoms with Gasteiger partial charge in [-0.2, -0.15) is 0 Å². The lowest BCUT2D eigenvalue weighted by molar-refractivity contribution is -0.384. The van der Waals surface area contributed by atoms with Crippen molar-refractivity contribution in [1.82, 2.24) is 0 Å². The molecule has 0 bridgehead atoms. The zero-order valence-electron chi connectivity index (χ0n) is 11.3. The highest BCUT2D eigenvalue weighted by atomic mass is 16.6. The third kappa shape index (κ3) is 2.01. The SMILES string of the molecule is COc1cc2c(c([N+](=O)[O-])c1)N[C@H](C(=O)O)[C@@H]1CC=C[C@@H]21. The molecule has 1 aromatic rings. The fourth-order valence-corrected chi connectivity index (χ4v) is 3.16. The van der Waals surface area contributed by atoms with Gasteiger partial charge in [0.05, 0.1) is 18.1 Å². The number of carboxylic acid groups (broad SMARTS) is 1. The maximum atomic E-state index is 11.4. The van der Waals surface area contributed by atoms with Gasteiger partial charge < -0.3 is 15.2 Å². The Morgan fingerprint density at radius 1 is 1.52 bits per heavy atom. The summed E-state index contributed by atoms with van der Waals surface area (Å²) in [5, 5.41) is 23.4. The molecule has 0 spiro atoms. The number of methoxy groups -OCH3 is 1. The third-order valence-electron chi connectivity index (χ3n) is 4.12. The van der Waals surface area contributed by atoms with Crippen LogP contribution in [0.5, 0.6) is 5.75 Å². The van der Waals surface area contributed by atoms with Gasteiger partial charge in [-0.05, 0) is 18.1 Å². The van der Waals surface area contributed by atoms with Crippen molar-refractivity contribution in [2.75, 3.05) is 12.4 Å². The highest BCUT2D eigenvalue weighted by Crippen LogP contribution is 2.49. The number of nitro benzene ring substituents is 1. The second-order valence-electron chi connectivity index (χ2n) is 5.18. The lowest BCUT2D eigenvalue weighted by Crippen LogP contribution is -2.42. The highest BCUT2D eigenvalue weighted by Gasteiger charge is 2.43. The van der Waals surface area contributed by atoms with Gasteiger partial charge in [-0.3, -0.25) is 10.1 Å². The van der Waals surface area contributed by atoms with Gasteiger partial charge in [0.15, 0.2) is 0 Å². The van der Waals surface area contributed by atoms with E-state index in [0.29, 0.717) is 12.2 Å². The molecule has 0 fully saturated rings. The largest absolute Gasteiger partial charge is 0.496 e. The van der Waals surface area contributed by atoms with Crippen molar-refractivity contribution in [2.24, 2.45) is 5.92 Å². The average molecular weight is 290 g/mol. The smallest absolute Gasteiger partial charge is 0.326 e. The number of benzene rings is 1. The van der Waals surface area contributed by atoms with Crippen LogP contribution < -0.4 is 10.1 Å². The molecule has 21 heavy (non-hydrogen) atoms. The zero-order chi connectivity index (χ0) is 15.1. The molecule has 2 aliphatic rings. The summed E-state index contributed by atoms with van der Waals surface area (Å²) >= 11 is 0. The first-order valence-electron chi connectivity index (χ1n) is 6.55. The van der Waals surface area contributed by atoms with Crippen molar-refractivity contribution in [3.05, 3.63) is 40.0 Å². The predicted molar refractivity (Wildman–Crippen MR) is 74.7 cm³/mol. The molecular formula is C14H14N2O5. The molecular weight excluding hydrogens is 276 g/mol. The van der Waals surface area contributed by atoms with E-state index in [1.54, 1.807) is 6.07 Å². The molecule has 0 aromatic heterocycles. The number of anilines is 1. The lowest BCUT2D eigenvalue weighted by atomic mass is 9.79. The Balaban J connectivity index is 2.19. The van der Waals surface area contributed by atoms with Gasteiger partial charge in [-0.15, -0.1) is 0 Å². The van der Waals surface area contributed by atoms with Crippen LogP contribution in [0.25, 0.3) is 0 Å². The fourth-order valence-electron chi connectivity index (χ4n) is 3.16. The van der Waals surface area contributed by atoms with Gasteiger partial charge in [-0.1, -0.05) is 12.2 Å². The van der Waals surface area contributed by atoms with Crippen LogP contribution in [-0.4, -0.2) is 29.2 Å². The second-order valence-corrected chi connectivity index (χ2v) is 5.18. The molecule has 110 valence electrons. The van der Waals surface area contributed by atoms with E-state index in [1.165, 1.54) is 13.2 Å². The molecule has 0 unspecified atom stereocenters. The van der Waals surface area contributed by atoms with E-state index in [9.17, 15) is 20.0 Å². The fraction of sp³-hybridized carbons (Fsp3) is 0.357. The maximum Gasteiger partial charge on any atom is 0.326 e. The molecule has 0 amide bonds. The van der Waals surface area contributed by atoms with Crippen LogP contribution in [-0.2, 0) is 4.79 Å². The zero-order valence-corrected chi connectivity index (χ0v) is 11.3. The predicted octanol–water partition coefficient (Wildman–Crippen LogP) is 2.14. The van der Waals surface area contributed by atoms with Crippen molar-refractivity contribution >= 4 is 17.3 Å². The molecule has 7 heteroatoms. The number of ether oxygens (including phenoxy) is 1. The number of nitrogens with zero attached hydrogens (tertiary/aromatic N) is 1. The summed E-state index contributed by atoms with van der Waals surface area (Å²) in [6.45, 7) is 0. The van der Waals surface area contributed by atoms with E-state index in [-0.39, 0.29) is 23.2 Å². The normalized spacial score (nSPS) is 25.7. The topological polar surface area (TPSA) is 102 Å². The number of nitro groups is 1. The van der Waals surface area contributed by atoms with Gasteiger partial charge in [-0.25, -0.2) is 4.79 Å². The number of nitrogens with one attached hydrogen (secondary N) is 1. The van der Waals surface area contributed by atoms with Crippen LogP contribution in [0, 0.1) is 16.0 Å². The standard InChI is InChI=1S/C14H14N2O5/c1-21-7-5-10-8-3-2-4-9(8)13(14(17)18)15-12(10)11(6-7)16(19)20/h2-3,5-6,8-9,13,15H,4H2,1H3,(H,17,18)/t8-,9-,13+/m1/s1. The van der Waals surface area contributed by atoms with Crippen LogP contribution in [0.3, 0.4) is 0 Å². The number of rotatable bonds is 3. The summed E-state index contributed by atoms with van der Waals surface area (Å²) in [5.74, 6) is -0.877. The van der Waals surface area contributed by atoms with E-state index in [4.69, 9.17) is 4.74 Å². The first-order chi connectivity index (χ1) is 10.0. The van der Waals surface area contributed by atoms with Crippen molar-refractivity contribution in [2.45, 2.75) is 18.4 Å². The molecule has 7 nitrogen and oxygen atoms in total. The molecule has 0 radical (unpaired) electrons. The molecule has 1 aliphatic heterocycles. The van der Waals surface area contributed by atoms with E-state index in [1.807, 2.05) is 12.2 Å². The van der Waals surface area contributed by atoms with Crippen molar-refractivity contribution in [3.63, 3.8) is 0 Å². The molecule has 0 saturated heterocycles. The summed E-state index contributed by atoms with van der Waals surface area (Å²) in [5.41, 5.74) is 0.840. The number of aliphatic carboxylic acids is 1. The van der Waals surface area contributed by atoms with Gasteiger partial charge >= 0.3 is 5.97 Å². The minimum atomic E-state index is -0.996. The lowest BCUT2D eigenvalue weighted by Gasteiger charge is -2.34. The van der Waals surface area contributed by atoms with Crippen LogP contribution in [0.1, 0.15) is 17.9 Å². The maximum absolute atomic E-state index is 11.4. The molecule has 2 N–H and O–H groups in total. The second kappa shape index (κ2) is 4.76. The van der Waals surface area contributed by atoms with Crippen LogP contribution in [0.4, 0.5) is 11.4 Å². The van der Waals surface area contributed by atoms with Crippen molar-refractivity contribution < 1.29 is 19.6 Å². The van der Waals surface area contributed by atoms with E-state index < -0.39 is 16.9 Å². The Morgan fingerprint density at radius 2 is 2.29 bits per heavy atom. The Labute approximate surface area is 120 Å². The van der Waals surface area contributed by atoms with Gasteiger partial charge in [0, 0.05) is 11.8 Å². The summed E-state index contributed by atoms with van der Waals surface area (Å²) < 4.78 is 5.12. The monoisotopic (exact) mass is 290 g/mol. The molecule has 1 heterocycles. The Morgan fingerprint density at radius 3 is 2.90 bits per heavy atom. The van der Waals surface area contributed by atoms with E-state index in [0.717, 1.165) is 5.56 Å². The van der Waals surface area contributed by atoms with Crippen LogP contribution in [0.15, 0.2) is 24.3 Å². The number of allylic oxidation sites excluding steroid dienone is 2. The van der Waals surface area contributed by atoms with Crippen molar-refractivity contribution in [1.29, 1.82) is 0 Å². The molecule has 0 saturated carbocycles.